The quantitative estimate of drug-likeness (QED) is 0.232. The van der Waals surface area contributed by atoms with E-state index in [9.17, 15) is 0 Å². The molecular formula is C32H39N7O2. The number of anilines is 4. The van der Waals surface area contributed by atoms with E-state index in [1.54, 1.807) is 19.6 Å². The van der Waals surface area contributed by atoms with Gasteiger partial charge in [0.1, 0.15) is 23.6 Å². The lowest BCUT2D eigenvalue weighted by atomic mass is 9.96. The summed E-state index contributed by atoms with van der Waals surface area (Å²) in [5, 5.41) is 7.67. The van der Waals surface area contributed by atoms with E-state index in [1.165, 1.54) is 5.56 Å². The molecule has 2 aromatic heterocycles. The van der Waals surface area contributed by atoms with Crippen LogP contribution in [0.25, 0.3) is 10.9 Å². The van der Waals surface area contributed by atoms with Crippen LogP contribution in [0.3, 0.4) is 0 Å². The number of hydrogen-bond acceptors (Lipinski definition) is 9. The lowest BCUT2D eigenvalue weighted by Crippen LogP contribution is -2.44. The molecule has 41 heavy (non-hydrogen) atoms. The highest BCUT2D eigenvalue weighted by molar-refractivity contribution is 5.98. The van der Waals surface area contributed by atoms with Gasteiger partial charge in [-0.15, -0.1) is 0 Å². The first-order valence-electron chi connectivity index (χ1n) is 14.1. The van der Waals surface area contributed by atoms with Crippen LogP contribution in [0.2, 0.25) is 0 Å². The predicted molar refractivity (Wildman–Crippen MR) is 167 cm³/mol. The summed E-state index contributed by atoms with van der Waals surface area (Å²) >= 11 is 0. The molecule has 2 N–H and O–H groups in total. The lowest BCUT2D eigenvalue weighted by molar-refractivity contribution is 0.416. The Labute approximate surface area is 242 Å². The second-order valence-corrected chi connectivity index (χ2v) is 10.4. The maximum absolute atomic E-state index is 6.37. The normalized spacial score (nSPS) is 14.0. The molecule has 1 atom stereocenters. The van der Waals surface area contributed by atoms with Crippen molar-refractivity contribution >= 4 is 33.9 Å². The average molecular weight is 554 g/mol. The number of aromatic nitrogens is 3. The van der Waals surface area contributed by atoms with Gasteiger partial charge >= 0.3 is 0 Å². The molecule has 0 saturated carbocycles. The second-order valence-electron chi connectivity index (χ2n) is 10.4. The van der Waals surface area contributed by atoms with E-state index < -0.39 is 0 Å². The number of rotatable bonds is 10. The van der Waals surface area contributed by atoms with Gasteiger partial charge in [0.25, 0.3) is 0 Å². The first kappa shape index (κ1) is 28.2. The minimum Gasteiger partial charge on any atom is -0.492 e. The standard InChI is InChI=1S/C32H39N7O2/c1-7-21(3)25-18-24(10-11-27(25)38(5)8-2)41-28-12-9-23(17-22(28)4)37-31-29-26(35-20-36-31)19-34-32(30(29)40-6)39-15-13-33-14-16-39/h8-12,17-21,33H,2,7,13-16H2,1,3-6H3,(H,35,36,37). The van der Waals surface area contributed by atoms with Crippen LogP contribution in [0, 0.1) is 6.92 Å². The molecule has 0 aliphatic carbocycles. The summed E-state index contributed by atoms with van der Waals surface area (Å²) in [4.78, 5) is 18.0. The second kappa shape index (κ2) is 12.4. The smallest absolute Gasteiger partial charge is 0.174 e. The molecule has 1 aliphatic heterocycles. The van der Waals surface area contributed by atoms with Crippen LogP contribution < -0.4 is 29.9 Å². The molecule has 0 bridgehead atoms. The fourth-order valence-corrected chi connectivity index (χ4v) is 5.14. The van der Waals surface area contributed by atoms with Gasteiger partial charge in [0.05, 0.1) is 24.2 Å². The number of pyridine rings is 1. The van der Waals surface area contributed by atoms with Gasteiger partial charge in [-0.05, 0) is 73.0 Å². The SMILES string of the molecule is C=CN(C)c1ccc(Oc2ccc(Nc3ncnc4cnc(N5CCNCC5)c(OC)c34)cc2C)cc1C(C)CC. The molecule has 1 saturated heterocycles. The van der Waals surface area contributed by atoms with Gasteiger partial charge < -0.3 is 29.9 Å². The number of fused-ring (bicyclic) bond motifs is 1. The third kappa shape index (κ3) is 5.90. The Bertz CT molecular complexity index is 1530. The lowest BCUT2D eigenvalue weighted by Gasteiger charge is -2.29. The Balaban J connectivity index is 1.42. The van der Waals surface area contributed by atoms with Crippen LogP contribution in [0.15, 0.2) is 61.7 Å². The minimum absolute atomic E-state index is 0.394. The largest absolute Gasteiger partial charge is 0.492 e. The number of piperazine rings is 1. The van der Waals surface area contributed by atoms with E-state index >= 15 is 0 Å². The number of nitrogens with zero attached hydrogens (tertiary/aromatic N) is 5. The zero-order valence-electron chi connectivity index (χ0n) is 24.6. The summed E-state index contributed by atoms with van der Waals surface area (Å²) in [7, 11) is 3.69. The zero-order valence-corrected chi connectivity index (χ0v) is 24.6. The molecule has 0 spiro atoms. The van der Waals surface area contributed by atoms with E-state index in [0.29, 0.717) is 17.5 Å². The van der Waals surface area contributed by atoms with Crippen molar-refractivity contribution in [2.45, 2.75) is 33.1 Å². The summed E-state index contributed by atoms with van der Waals surface area (Å²) in [6.45, 7) is 13.9. The van der Waals surface area contributed by atoms with Gasteiger partial charge in [-0.25, -0.2) is 15.0 Å². The van der Waals surface area contributed by atoms with Gasteiger partial charge in [0, 0.05) is 44.6 Å². The molecular weight excluding hydrogens is 514 g/mol. The molecule has 1 aliphatic rings. The molecule has 1 fully saturated rings. The van der Waals surface area contributed by atoms with Gasteiger partial charge in [-0.1, -0.05) is 20.4 Å². The van der Waals surface area contributed by atoms with Gasteiger partial charge in [0.15, 0.2) is 11.6 Å². The highest BCUT2D eigenvalue weighted by Crippen LogP contribution is 2.39. The van der Waals surface area contributed by atoms with E-state index in [2.05, 4.69) is 69.1 Å². The van der Waals surface area contributed by atoms with E-state index in [0.717, 1.165) is 77.8 Å². The van der Waals surface area contributed by atoms with Gasteiger partial charge in [0.2, 0.25) is 0 Å². The van der Waals surface area contributed by atoms with Crippen molar-refractivity contribution in [3.63, 3.8) is 0 Å². The Kier molecular flexibility index (Phi) is 8.54. The first-order chi connectivity index (χ1) is 19.9. The average Bonchev–Trinajstić information content (AvgIpc) is 3.01. The number of hydrogen-bond donors (Lipinski definition) is 2. The fourth-order valence-electron chi connectivity index (χ4n) is 5.14. The molecule has 2 aromatic carbocycles. The molecule has 0 amide bonds. The van der Waals surface area contributed by atoms with Crippen molar-refractivity contribution in [3.8, 4) is 17.2 Å². The zero-order chi connectivity index (χ0) is 28.9. The van der Waals surface area contributed by atoms with Crippen molar-refractivity contribution < 1.29 is 9.47 Å². The van der Waals surface area contributed by atoms with Crippen LogP contribution in [-0.4, -0.2) is 55.3 Å². The molecule has 0 radical (unpaired) electrons. The minimum atomic E-state index is 0.394. The van der Waals surface area contributed by atoms with Crippen molar-refractivity contribution in [1.82, 2.24) is 20.3 Å². The monoisotopic (exact) mass is 553 g/mol. The molecule has 214 valence electrons. The van der Waals surface area contributed by atoms with Crippen molar-refractivity contribution in [3.05, 3.63) is 72.8 Å². The highest BCUT2D eigenvalue weighted by atomic mass is 16.5. The topological polar surface area (TPSA) is 87.7 Å². The Morgan fingerprint density at radius 3 is 2.66 bits per heavy atom. The Hall–Kier alpha value is -4.37. The van der Waals surface area contributed by atoms with Crippen LogP contribution in [0.1, 0.15) is 37.3 Å². The van der Waals surface area contributed by atoms with Gasteiger partial charge in [-0.3, -0.25) is 0 Å². The number of aryl methyl sites for hydroxylation is 1. The van der Waals surface area contributed by atoms with Crippen LogP contribution in [0.5, 0.6) is 17.2 Å². The highest BCUT2D eigenvalue weighted by Gasteiger charge is 2.22. The van der Waals surface area contributed by atoms with Crippen molar-refractivity contribution in [1.29, 1.82) is 0 Å². The molecule has 5 rings (SSSR count). The number of ether oxygens (including phenoxy) is 2. The maximum Gasteiger partial charge on any atom is 0.174 e. The molecule has 3 heterocycles. The Morgan fingerprint density at radius 2 is 1.95 bits per heavy atom. The third-order valence-electron chi connectivity index (χ3n) is 7.70. The number of methoxy groups -OCH3 is 1. The van der Waals surface area contributed by atoms with Crippen LogP contribution in [0.4, 0.5) is 23.0 Å². The van der Waals surface area contributed by atoms with Crippen LogP contribution >= 0.6 is 0 Å². The molecule has 9 heteroatoms. The van der Waals surface area contributed by atoms with Gasteiger partial charge in [-0.2, -0.15) is 0 Å². The van der Waals surface area contributed by atoms with Crippen LogP contribution in [-0.2, 0) is 0 Å². The number of benzene rings is 2. The molecule has 1 unspecified atom stereocenters. The number of nitrogens with one attached hydrogen (secondary N) is 2. The molecule has 4 aromatic rings. The maximum atomic E-state index is 6.37. The fraction of sp³-hybridized carbons (Fsp3) is 0.344. The van der Waals surface area contributed by atoms with E-state index in [1.807, 2.05) is 43.3 Å². The third-order valence-corrected chi connectivity index (χ3v) is 7.70. The summed E-state index contributed by atoms with van der Waals surface area (Å²) in [5.41, 5.74) is 4.99. The summed E-state index contributed by atoms with van der Waals surface area (Å²) in [5.74, 6) is 4.15. The van der Waals surface area contributed by atoms with Crippen molar-refractivity contribution in [2.75, 3.05) is 55.5 Å². The predicted octanol–water partition coefficient (Wildman–Crippen LogP) is 6.38. The summed E-state index contributed by atoms with van der Waals surface area (Å²) < 4.78 is 12.3. The molecule has 9 nitrogen and oxygen atoms in total. The Morgan fingerprint density at radius 1 is 1.15 bits per heavy atom. The van der Waals surface area contributed by atoms with E-state index in [4.69, 9.17) is 9.47 Å². The van der Waals surface area contributed by atoms with E-state index in [-0.39, 0.29) is 0 Å². The summed E-state index contributed by atoms with van der Waals surface area (Å²) in [6, 6.07) is 12.3. The van der Waals surface area contributed by atoms with Crippen molar-refractivity contribution in [2.24, 2.45) is 0 Å². The summed E-state index contributed by atoms with van der Waals surface area (Å²) in [6.07, 6.45) is 6.20. The first-order valence-corrected chi connectivity index (χ1v) is 14.1.